The van der Waals surface area contributed by atoms with Crippen LogP contribution in [0.2, 0.25) is 0 Å². The molecule has 3 nitrogen and oxygen atoms in total. The van der Waals surface area contributed by atoms with E-state index in [9.17, 15) is 4.79 Å². The molecular weight excluding hydrogens is 208 g/mol. The lowest BCUT2D eigenvalue weighted by atomic mass is 9.96. The van der Waals surface area contributed by atoms with Gasteiger partial charge in [0.05, 0.1) is 5.54 Å². The molecule has 0 bridgehead atoms. The molecule has 1 amide bonds. The van der Waals surface area contributed by atoms with Crippen LogP contribution in [0.15, 0.2) is 0 Å². The summed E-state index contributed by atoms with van der Waals surface area (Å²) in [7, 11) is 0. The second-order valence-electron chi connectivity index (χ2n) is 5.20. The number of nitrogens with two attached hydrogens (primary N) is 2. The summed E-state index contributed by atoms with van der Waals surface area (Å²) < 4.78 is 0.315. The van der Waals surface area contributed by atoms with E-state index < -0.39 is 11.4 Å². The number of unbranched alkanes of at least 4 members (excludes halogenated alkanes) is 1. The van der Waals surface area contributed by atoms with Crippen molar-refractivity contribution in [3.63, 3.8) is 0 Å². The predicted molar refractivity (Wildman–Crippen MR) is 67.8 cm³/mol. The van der Waals surface area contributed by atoms with Crippen LogP contribution in [0, 0.1) is 0 Å². The van der Waals surface area contributed by atoms with Crippen LogP contribution in [0.3, 0.4) is 0 Å². The van der Waals surface area contributed by atoms with Crippen molar-refractivity contribution in [2.75, 3.05) is 5.75 Å². The molecule has 0 radical (unpaired) electrons. The summed E-state index contributed by atoms with van der Waals surface area (Å²) in [6.07, 6.45) is 2.72. The van der Waals surface area contributed by atoms with Gasteiger partial charge in [-0.3, -0.25) is 4.79 Å². The maximum atomic E-state index is 10.9. The molecule has 0 aliphatic heterocycles. The molecule has 1 unspecified atom stereocenters. The lowest BCUT2D eigenvalue weighted by Gasteiger charge is -2.21. The molecule has 1 atom stereocenters. The van der Waals surface area contributed by atoms with Gasteiger partial charge < -0.3 is 11.5 Å². The Kier molecular flexibility index (Phi) is 5.67. The van der Waals surface area contributed by atoms with E-state index >= 15 is 0 Å². The molecule has 0 aromatic heterocycles. The van der Waals surface area contributed by atoms with Gasteiger partial charge in [-0.1, -0.05) is 27.2 Å². The fourth-order valence-electron chi connectivity index (χ4n) is 1.10. The quantitative estimate of drug-likeness (QED) is 0.687. The number of carbonyl (C=O) groups excluding carboxylic acids is 1. The molecule has 4 N–H and O–H groups in total. The molecule has 0 spiro atoms. The van der Waals surface area contributed by atoms with E-state index in [4.69, 9.17) is 11.5 Å². The number of hydrogen-bond donors (Lipinski definition) is 2. The second-order valence-corrected chi connectivity index (χ2v) is 7.12. The predicted octanol–water partition coefficient (Wildman–Crippen LogP) is 1.89. The van der Waals surface area contributed by atoms with Gasteiger partial charge in [-0.25, -0.2) is 0 Å². The minimum Gasteiger partial charge on any atom is -0.368 e. The van der Waals surface area contributed by atoms with Crippen molar-refractivity contribution in [1.82, 2.24) is 0 Å². The standard InChI is InChI=1S/C11H24N2OS/c1-10(2,3)15-8-6-5-7-11(4,13)9(12)14/h5-8,13H2,1-4H3,(H2,12,14). The molecule has 0 aromatic carbocycles. The number of primary amides is 1. The monoisotopic (exact) mass is 232 g/mol. The van der Waals surface area contributed by atoms with Crippen molar-refractivity contribution in [3.8, 4) is 0 Å². The third-order valence-corrected chi connectivity index (χ3v) is 3.55. The number of carbonyl (C=O) groups is 1. The highest BCUT2D eigenvalue weighted by molar-refractivity contribution is 8.00. The number of thioether (sulfide) groups is 1. The second kappa shape index (κ2) is 5.75. The van der Waals surface area contributed by atoms with Crippen LogP contribution in [0.4, 0.5) is 0 Å². The Hall–Kier alpha value is -0.220. The topological polar surface area (TPSA) is 69.1 Å². The summed E-state index contributed by atoms with van der Waals surface area (Å²) in [5.41, 5.74) is 10.1. The molecule has 0 fully saturated rings. The Labute approximate surface area is 97.4 Å². The molecule has 0 rings (SSSR count). The highest BCUT2D eigenvalue weighted by atomic mass is 32.2. The summed E-state index contributed by atoms with van der Waals surface area (Å²) in [5, 5.41) is 0. The number of hydrogen-bond acceptors (Lipinski definition) is 3. The smallest absolute Gasteiger partial charge is 0.237 e. The Bertz CT molecular complexity index is 209. The van der Waals surface area contributed by atoms with Gasteiger partial charge in [0, 0.05) is 4.75 Å². The van der Waals surface area contributed by atoms with Gasteiger partial charge in [-0.2, -0.15) is 11.8 Å². The van der Waals surface area contributed by atoms with Crippen molar-refractivity contribution in [2.45, 2.75) is 57.2 Å². The average Bonchev–Trinajstić information content (AvgIpc) is 2.00. The lowest BCUT2D eigenvalue weighted by molar-refractivity contribution is -0.122. The molecule has 90 valence electrons. The first-order chi connectivity index (χ1) is 6.65. The van der Waals surface area contributed by atoms with E-state index in [1.165, 1.54) is 0 Å². The normalized spacial score (nSPS) is 16.1. The maximum absolute atomic E-state index is 10.9. The third-order valence-electron chi connectivity index (χ3n) is 2.19. The molecule has 0 saturated heterocycles. The van der Waals surface area contributed by atoms with Crippen LogP contribution in [-0.2, 0) is 4.79 Å². The first-order valence-corrected chi connectivity index (χ1v) is 6.36. The first-order valence-electron chi connectivity index (χ1n) is 5.38. The minimum absolute atomic E-state index is 0.315. The van der Waals surface area contributed by atoms with Gasteiger partial charge in [-0.05, 0) is 25.5 Å². The molecule has 0 aliphatic rings. The Morgan fingerprint density at radius 3 is 2.13 bits per heavy atom. The zero-order valence-corrected chi connectivity index (χ0v) is 11.1. The van der Waals surface area contributed by atoms with E-state index in [-0.39, 0.29) is 0 Å². The largest absolute Gasteiger partial charge is 0.368 e. The summed E-state index contributed by atoms with van der Waals surface area (Å²) in [6.45, 7) is 8.31. The van der Waals surface area contributed by atoms with Crippen LogP contribution in [0.25, 0.3) is 0 Å². The van der Waals surface area contributed by atoms with Crippen molar-refractivity contribution in [3.05, 3.63) is 0 Å². The lowest BCUT2D eigenvalue weighted by Crippen LogP contribution is -2.49. The summed E-state index contributed by atoms with van der Waals surface area (Å²) in [4.78, 5) is 10.9. The Balaban J connectivity index is 3.60. The van der Waals surface area contributed by atoms with E-state index in [1.54, 1.807) is 6.92 Å². The summed E-state index contributed by atoms with van der Waals surface area (Å²) >= 11 is 1.94. The van der Waals surface area contributed by atoms with Crippen LogP contribution in [0.1, 0.15) is 47.0 Å². The molecule has 0 aromatic rings. The van der Waals surface area contributed by atoms with Gasteiger partial charge >= 0.3 is 0 Å². The SMILES string of the molecule is CC(C)(C)SCCCCC(C)(N)C(N)=O. The highest BCUT2D eigenvalue weighted by Gasteiger charge is 2.24. The Morgan fingerprint density at radius 2 is 1.73 bits per heavy atom. The van der Waals surface area contributed by atoms with Crippen molar-refractivity contribution >= 4 is 17.7 Å². The fourth-order valence-corrected chi connectivity index (χ4v) is 2.06. The van der Waals surface area contributed by atoms with Crippen LogP contribution >= 0.6 is 11.8 Å². The fraction of sp³-hybridized carbons (Fsp3) is 0.909. The highest BCUT2D eigenvalue weighted by Crippen LogP contribution is 2.24. The van der Waals surface area contributed by atoms with Crippen molar-refractivity contribution in [2.24, 2.45) is 11.5 Å². The molecule has 0 saturated carbocycles. The summed E-state index contributed by atoms with van der Waals surface area (Å²) in [6, 6.07) is 0. The van der Waals surface area contributed by atoms with Crippen LogP contribution < -0.4 is 11.5 Å². The van der Waals surface area contributed by atoms with Gasteiger partial charge in [0.25, 0.3) is 0 Å². The zero-order chi connectivity index (χ0) is 12.1. The number of rotatable bonds is 6. The average molecular weight is 232 g/mol. The van der Waals surface area contributed by atoms with Crippen LogP contribution in [0.5, 0.6) is 0 Å². The number of amides is 1. The van der Waals surface area contributed by atoms with Gasteiger partial charge in [-0.15, -0.1) is 0 Å². The van der Waals surface area contributed by atoms with Gasteiger partial charge in [0.1, 0.15) is 0 Å². The summed E-state index contributed by atoms with van der Waals surface area (Å²) in [5.74, 6) is 0.698. The van der Waals surface area contributed by atoms with E-state index in [2.05, 4.69) is 20.8 Å². The van der Waals surface area contributed by atoms with Crippen molar-refractivity contribution in [1.29, 1.82) is 0 Å². The molecule has 0 aliphatic carbocycles. The van der Waals surface area contributed by atoms with E-state index in [0.717, 1.165) is 18.6 Å². The molecule has 0 heterocycles. The van der Waals surface area contributed by atoms with Gasteiger partial charge in [0.2, 0.25) is 5.91 Å². The van der Waals surface area contributed by atoms with E-state index in [1.807, 2.05) is 11.8 Å². The zero-order valence-electron chi connectivity index (χ0n) is 10.3. The Morgan fingerprint density at radius 1 is 1.20 bits per heavy atom. The van der Waals surface area contributed by atoms with Gasteiger partial charge in [0.15, 0.2) is 0 Å². The van der Waals surface area contributed by atoms with Crippen LogP contribution in [-0.4, -0.2) is 21.9 Å². The third kappa shape index (κ3) is 7.68. The molecule has 4 heteroatoms. The molecule has 15 heavy (non-hydrogen) atoms. The minimum atomic E-state index is -0.841. The van der Waals surface area contributed by atoms with Crippen molar-refractivity contribution < 1.29 is 4.79 Å². The first kappa shape index (κ1) is 14.8. The molecular formula is C11H24N2OS. The maximum Gasteiger partial charge on any atom is 0.237 e. The van der Waals surface area contributed by atoms with E-state index in [0.29, 0.717) is 11.2 Å².